The normalized spacial score (nSPS) is 12.4. The van der Waals surface area contributed by atoms with Crippen LogP contribution in [0.5, 0.6) is 0 Å². The van der Waals surface area contributed by atoms with E-state index in [0.717, 1.165) is 0 Å². The Balaban J connectivity index is 2.82. The van der Waals surface area contributed by atoms with Crippen molar-refractivity contribution in [2.75, 3.05) is 5.73 Å². The fraction of sp³-hybridized carbons (Fsp3) is 0.250. The van der Waals surface area contributed by atoms with E-state index in [9.17, 15) is 4.79 Å². The van der Waals surface area contributed by atoms with Crippen LogP contribution in [0.3, 0.4) is 0 Å². The van der Waals surface area contributed by atoms with E-state index in [1.807, 2.05) is 0 Å². The number of aromatic nitrogens is 1. The molecule has 5 heteroatoms. The number of hydrogen-bond acceptors (Lipinski definition) is 4. The second kappa shape index (κ2) is 3.86. The maximum Gasteiger partial charge on any atom is 0.305 e. The van der Waals surface area contributed by atoms with Crippen LogP contribution in [0.4, 0.5) is 5.82 Å². The summed E-state index contributed by atoms with van der Waals surface area (Å²) in [5.74, 6) is -0.660. The Hall–Kier alpha value is -1.62. The number of pyridine rings is 1. The third-order valence-corrected chi connectivity index (χ3v) is 1.67. The SMILES string of the molecule is Nc1ncccc1[C@H](N)CC(=O)O. The zero-order valence-electron chi connectivity index (χ0n) is 6.97. The second-order valence-corrected chi connectivity index (χ2v) is 2.68. The molecule has 0 bridgehead atoms. The van der Waals surface area contributed by atoms with Gasteiger partial charge in [-0.3, -0.25) is 4.79 Å². The molecule has 0 radical (unpaired) electrons. The summed E-state index contributed by atoms with van der Waals surface area (Å²) in [6, 6.07) is 2.76. The van der Waals surface area contributed by atoms with Gasteiger partial charge in [-0.2, -0.15) is 0 Å². The van der Waals surface area contributed by atoms with Crippen LogP contribution in [-0.2, 0) is 4.79 Å². The van der Waals surface area contributed by atoms with Crippen LogP contribution in [0.15, 0.2) is 18.3 Å². The summed E-state index contributed by atoms with van der Waals surface area (Å²) in [4.78, 5) is 14.2. The highest BCUT2D eigenvalue weighted by atomic mass is 16.4. The van der Waals surface area contributed by atoms with Crippen molar-refractivity contribution in [3.05, 3.63) is 23.9 Å². The second-order valence-electron chi connectivity index (χ2n) is 2.68. The maximum absolute atomic E-state index is 10.4. The highest BCUT2D eigenvalue weighted by Gasteiger charge is 2.13. The largest absolute Gasteiger partial charge is 0.481 e. The molecule has 0 aliphatic carbocycles. The van der Waals surface area contributed by atoms with E-state index in [0.29, 0.717) is 5.56 Å². The van der Waals surface area contributed by atoms with E-state index in [1.165, 1.54) is 6.20 Å². The van der Waals surface area contributed by atoms with Gasteiger partial charge in [-0.15, -0.1) is 0 Å². The van der Waals surface area contributed by atoms with Crippen LogP contribution in [0, 0.1) is 0 Å². The minimum atomic E-state index is -0.948. The Morgan fingerprint density at radius 2 is 2.38 bits per heavy atom. The Kier molecular flexibility index (Phi) is 2.81. The van der Waals surface area contributed by atoms with Crippen LogP contribution in [-0.4, -0.2) is 16.1 Å². The molecule has 1 atom stereocenters. The van der Waals surface area contributed by atoms with Crippen molar-refractivity contribution in [1.82, 2.24) is 4.98 Å². The number of nitrogens with zero attached hydrogens (tertiary/aromatic N) is 1. The Morgan fingerprint density at radius 1 is 1.69 bits per heavy atom. The van der Waals surface area contributed by atoms with Crippen LogP contribution >= 0.6 is 0 Å². The molecule has 0 unspecified atom stereocenters. The predicted octanol–water partition coefficient (Wildman–Crippen LogP) is 0.138. The standard InChI is InChI=1S/C8H11N3O2/c9-6(4-7(12)13)5-2-1-3-11-8(5)10/h1-3,6H,4,9H2,(H2,10,11)(H,12,13)/t6-/m1/s1. The zero-order valence-corrected chi connectivity index (χ0v) is 6.97. The minimum absolute atomic E-state index is 0.143. The van der Waals surface area contributed by atoms with E-state index < -0.39 is 12.0 Å². The molecule has 0 spiro atoms. The van der Waals surface area contributed by atoms with Gasteiger partial charge in [0.1, 0.15) is 5.82 Å². The van der Waals surface area contributed by atoms with Crippen LogP contribution in [0.1, 0.15) is 18.0 Å². The predicted molar refractivity (Wildman–Crippen MR) is 47.8 cm³/mol. The average molecular weight is 181 g/mol. The van der Waals surface area contributed by atoms with E-state index in [1.54, 1.807) is 12.1 Å². The van der Waals surface area contributed by atoms with Crippen molar-refractivity contribution in [3.8, 4) is 0 Å². The molecule has 13 heavy (non-hydrogen) atoms. The van der Waals surface area contributed by atoms with Crippen LogP contribution < -0.4 is 11.5 Å². The fourth-order valence-electron chi connectivity index (χ4n) is 1.04. The number of carbonyl (C=O) groups is 1. The van der Waals surface area contributed by atoms with E-state index in [4.69, 9.17) is 16.6 Å². The third-order valence-electron chi connectivity index (χ3n) is 1.67. The lowest BCUT2D eigenvalue weighted by Gasteiger charge is -2.10. The first-order chi connectivity index (χ1) is 6.11. The summed E-state index contributed by atoms with van der Waals surface area (Å²) in [7, 11) is 0. The van der Waals surface area contributed by atoms with Crippen molar-refractivity contribution in [1.29, 1.82) is 0 Å². The van der Waals surface area contributed by atoms with Gasteiger partial charge in [-0.25, -0.2) is 4.98 Å². The van der Waals surface area contributed by atoms with Gasteiger partial charge >= 0.3 is 5.97 Å². The van der Waals surface area contributed by atoms with Gasteiger partial charge < -0.3 is 16.6 Å². The van der Waals surface area contributed by atoms with Gasteiger partial charge in [0.25, 0.3) is 0 Å². The number of aliphatic carboxylic acids is 1. The molecule has 1 aromatic heterocycles. The highest BCUT2D eigenvalue weighted by molar-refractivity contribution is 5.68. The zero-order chi connectivity index (χ0) is 9.84. The lowest BCUT2D eigenvalue weighted by molar-refractivity contribution is -0.137. The molecule has 1 rings (SSSR count). The summed E-state index contributed by atoms with van der Waals surface area (Å²) >= 11 is 0. The molecule has 0 amide bonds. The van der Waals surface area contributed by atoms with Crippen molar-refractivity contribution in [2.45, 2.75) is 12.5 Å². The molecular formula is C8H11N3O2. The van der Waals surface area contributed by atoms with Crippen LogP contribution in [0.25, 0.3) is 0 Å². The van der Waals surface area contributed by atoms with Crippen molar-refractivity contribution >= 4 is 11.8 Å². The topological polar surface area (TPSA) is 102 Å². The monoisotopic (exact) mass is 181 g/mol. The minimum Gasteiger partial charge on any atom is -0.481 e. The van der Waals surface area contributed by atoms with Crippen molar-refractivity contribution in [3.63, 3.8) is 0 Å². The Labute approximate surface area is 75.4 Å². The van der Waals surface area contributed by atoms with Gasteiger partial charge in [0, 0.05) is 17.8 Å². The first-order valence-electron chi connectivity index (χ1n) is 3.79. The number of carboxylic acid groups (broad SMARTS) is 1. The molecule has 0 aliphatic heterocycles. The number of rotatable bonds is 3. The summed E-state index contributed by atoms with van der Waals surface area (Å²) in [5.41, 5.74) is 11.7. The Bertz CT molecular complexity index is 314. The Morgan fingerprint density at radius 3 is 2.92 bits per heavy atom. The molecule has 70 valence electrons. The molecule has 0 saturated heterocycles. The van der Waals surface area contributed by atoms with Crippen molar-refractivity contribution in [2.24, 2.45) is 5.73 Å². The molecule has 1 aromatic rings. The van der Waals surface area contributed by atoms with Gasteiger partial charge in [0.2, 0.25) is 0 Å². The molecule has 5 nitrogen and oxygen atoms in total. The van der Waals surface area contributed by atoms with Gasteiger partial charge in [-0.05, 0) is 6.07 Å². The summed E-state index contributed by atoms with van der Waals surface area (Å²) in [6.07, 6.45) is 1.39. The number of nitrogens with two attached hydrogens (primary N) is 2. The maximum atomic E-state index is 10.4. The smallest absolute Gasteiger partial charge is 0.305 e. The molecule has 0 aromatic carbocycles. The van der Waals surface area contributed by atoms with E-state index in [-0.39, 0.29) is 12.2 Å². The molecule has 0 saturated carbocycles. The van der Waals surface area contributed by atoms with Crippen molar-refractivity contribution < 1.29 is 9.90 Å². The average Bonchev–Trinajstić information content (AvgIpc) is 2.03. The number of hydrogen-bond donors (Lipinski definition) is 3. The van der Waals surface area contributed by atoms with Gasteiger partial charge in [0.15, 0.2) is 0 Å². The third kappa shape index (κ3) is 2.41. The van der Waals surface area contributed by atoms with Gasteiger partial charge in [0.05, 0.1) is 6.42 Å². The quantitative estimate of drug-likeness (QED) is 0.615. The number of nitrogen functional groups attached to an aromatic ring is 1. The summed E-state index contributed by atoms with van der Waals surface area (Å²) < 4.78 is 0. The molecule has 0 fully saturated rings. The van der Waals surface area contributed by atoms with E-state index in [2.05, 4.69) is 4.98 Å². The summed E-state index contributed by atoms with van der Waals surface area (Å²) in [6.45, 7) is 0. The molecular weight excluding hydrogens is 170 g/mol. The highest BCUT2D eigenvalue weighted by Crippen LogP contribution is 2.17. The molecule has 5 N–H and O–H groups in total. The number of carboxylic acids is 1. The first kappa shape index (κ1) is 9.47. The molecule has 0 aliphatic rings. The van der Waals surface area contributed by atoms with Gasteiger partial charge in [-0.1, -0.05) is 6.07 Å². The van der Waals surface area contributed by atoms with E-state index >= 15 is 0 Å². The molecule has 1 heterocycles. The lowest BCUT2D eigenvalue weighted by Crippen LogP contribution is -2.16. The first-order valence-corrected chi connectivity index (χ1v) is 3.79. The number of anilines is 1. The summed E-state index contributed by atoms with van der Waals surface area (Å²) in [5, 5.41) is 8.49. The van der Waals surface area contributed by atoms with Crippen LogP contribution in [0.2, 0.25) is 0 Å². The lowest BCUT2D eigenvalue weighted by atomic mass is 10.1. The fourth-order valence-corrected chi connectivity index (χ4v) is 1.04.